The largest absolute Gasteiger partial charge is 0.356 e. The Kier molecular flexibility index (Phi) is 6.85. The molecule has 5 nitrogen and oxygen atoms in total. The maximum Gasteiger partial charge on any atom is 0.235 e. The van der Waals surface area contributed by atoms with Crippen molar-refractivity contribution in [2.24, 2.45) is 0 Å². The van der Waals surface area contributed by atoms with Gasteiger partial charge in [-0.15, -0.1) is 0 Å². The number of rotatable bonds is 8. The van der Waals surface area contributed by atoms with Crippen LogP contribution in [-0.2, 0) is 14.8 Å². The number of amides is 1. The van der Waals surface area contributed by atoms with Crippen molar-refractivity contribution in [3.8, 4) is 0 Å². The minimum Gasteiger partial charge on any atom is -0.356 e. The van der Waals surface area contributed by atoms with Gasteiger partial charge in [-0.05, 0) is 44.2 Å². The predicted molar refractivity (Wildman–Crippen MR) is 97.4 cm³/mol. The second kappa shape index (κ2) is 8.87. The van der Waals surface area contributed by atoms with Gasteiger partial charge in [0.1, 0.15) is 0 Å². The van der Waals surface area contributed by atoms with Crippen LogP contribution in [0.1, 0.15) is 38.5 Å². The molecule has 0 aromatic heterocycles. The highest BCUT2D eigenvalue weighted by Crippen LogP contribution is 2.19. The van der Waals surface area contributed by atoms with Gasteiger partial charge in [-0.25, -0.2) is 8.42 Å². The first kappa shape index (κ1) is 18.5. The number of para-hydroxylation sites is 1. The normalized spacial score (nSPS) is 14.8. The molecule has 0 bridgehead atoms. The van der Waals surface area contributed by atoms with E-state index in [-0.39, 0.29) is 18.1 Å². The summed E-state index contributed by atoms with van der Waals surface area (Å²) < 4.78 is 25.8. The van der Waals surface area contributed by atoms with Gasteiger partial charge in [0.15, 0.2) is 0 Å². The molecule has 1 aromatic rings. The molecule has 24 heavy (non-hydrogen) atoms. The van der Waals surface area contributed by atoms with E-state index in [0.29, 0.717) is 12.2 Å². The predicted octanol–water partition coefficient (Wildman–Crippen LogP) is 2.85. The second-order valence-corrected chi connectivity index (χ2v) is 8.20. The Labute approximate surface area is 144 Å². The lowest BCUT2D eigenvalue weighted by atomic mass is 9.97. The molecular weight excluding hydrogens is 324 g/mol. The lowest BCUT2D eigenvalue weighted by Gasteiger charge is -2.19. The van der Waals surface area contributed by atoms with Gasteiger partial charge in [0.2, 0.25) is 15.9 Å². The van der Waals surface area contributed by atoms with Crippen LogP contribution in [0.15, 0.2) is 42.0 Å². The first-order valence-corrected chi connectivity index (χ1v) is 10.1. The molecule has 6 heteroatoms. The third-order valence-corrected chi connectivity index (χ3v) is 6.04. The average molecular weight is 350 g/mol. The molecule has 0 aliphatic heterocycles. The molecule has 1 aliphatic carbocycles. The number of sulfonamides is 1. The molecule has 0 unspecified atom stereocenters. The maximum absolute atomic E-state index is 12.3. The third-order valence-electron chi connectivity index (χ3n) is 4.28. The molecule has 0 radical (unpaired) electrons. The highest BCUT2D eigenvalue weighted by atomic mass is 32.2. The van der Waals surface area contributed by atoms with Gasteiger partial charge in [0.25, 0.3) is 0 Å². The zero-order valence-electron chi connectivity index (χ0n) is 14.2. The van der Waals surface area contributed by atoms with Crippen molar-refractivity contribution < 1.29 is 13.2 Å². The number of anilines is 1. The minimum absolute atomic E-state index is 0.0153. The molecule has 132 valence electrons. The van der Waals surface area contributed by atoms with Crippen LogP contribution in [0.5, 0.6) is 0 Å². The standard InChI is InChI=1S/C18H26N2O3S/c1-20(17-10-6-3-7-11-17)24(22,23)15-13-18(21)19-14-12-16-8-4-2-5-9-16/h3,6-8,10-11H,2,4-5,9,12-15H2,1H3,(H,19,21). The Morgan fingerprint density at radius 2 is 1.96 bits per heavy atom. The van der Waals surface area contributed by atoms with E-state index in [1.165, 1.54) is 29.8 Å². The van der Waals surface area contributed by atoms with Crippen molar-refractivity contribution in [2.45, 2.75) is 38.5 Å². The van der Waals surface area contributed by atoms with Gasteiger partial charge in [-0.1, -0.05) is 29.8 Å². The number of nitrogens with one attached hydrogen (secondary N) is 1. The van der Waals surface area contributed by atoms with Gasteiger partial charge < -0.3 is 5.32 Å². The SMILES string of the molecule is CN(c1ccccc1)S(=O)(=O)CCC(=O)NCCC1=CCCCC1. The van der Waals surface area contributed by atoms with Crippen LogP contribution in [0, 0.1) is 0 Å². The second-order valence-electron chi connectivity index (χ2n) is 6.08. The number of allylic oxidation sites excluding steroid dienone is 1. The van der Waals surface area contributed by atoms with E-state index in [1.54, 1.807) is 24.3 Å². The van der Waals surface area contributed by atoms with Crippen LogP contribution in [0.2, 0.25) is 0 Å². The van der Waals surface area contributed by atoms with E-state index in [2.05, 4.69) is 11.4 Å². The summed E-state index contributed by atoms with van der Waals surface area (Å²) in [6, 6.07) is 8.87. The van der Waals surface area contributed by atoms with Crippen molar-refractivity contribution in [1.82, 2.24) is 5.32 Å². The quantitative estimate of drug-likeness (QED) is 0.733. The molecule has 0 atom stereocenters. The van der Waals surface area contributed by atoms with Crippen molar-refractivity contribution in [1.29, 1.82) is 0 Å². The number of benzene rings is 1. The maximum atomic E-state index is 12.3. The lowest BCUT2D eigenvalue weighted by molar-refractivity contribution is -0.120. The fourth-order valence-corrected chi connectivity index (χ4v) is 3.90. The summed E-state index contributed by atoms with van der Waals surface area (Å²) in [4.78, 5) is 11.9. The topological polar surface area (TPSA) is 66.5 Å². The molecule has 0 heterocycles. The molecule has 0 fully saturated rings. The fraction of sp³-hybridized carbons (Fsp3) is 0.500. The Hall–Kier alpha value is -1.82. The minimum atomic E-state index is -3.49. The van der Waals surface area contributed by atoms with Crippen LogP contribution in [0.4, 0.5) is 5.69 Å². The van der Waals surface area contributed by atoms with E-state index in [1.807, 2.05) is 6.07 Å². The van der Waals surface area contributed by atoms with Gasteiger partial charge >= 0.3 is 0 Å². The van der Waals surface area contributed by atoms with Crippen LogP contribution in [0.25, 0.3) is 0 Å². The van der Waals surface area contributed by atoms with Crippen molar-refractivity contribution in [3.63, 3.8) is 0 Å². The molecule has 2 rings (SSSR count). The van der Waals surface area contributed by atoms with Gasteiger partial charge in [-0.3, -0.25) is 9.10 Å². The van der Waals surface area contributed by atoms with Crippen LogP contribution in [0.3, 0.4) is 0 Å². The van der Waals surface area contributed by atoms with Crippen molar-refractivity contribution in [2.75, 3.05) is 23.7 Å². The summed E-state index contributed by atoms with van der Waals surface area (Å²) in [6.07, 6.45) is 7.84. The fourth-order valence-electron chi connectivity index (χ4n) is 2.74. The van der Waals surface area contributed by atoms with E-state index in [9.17, 15) is 13.2 Å². The Morgan fingerprint density at radius 3 is 2.62 bits per heavy atom. The number of hydrogen-bond donors (Lipinski definition) is 1. The molecule has 1 N–H and O–H groups in total. The number of nitrogens with zero attached hydrogens (tertiary/aromatic N) is 1. The smallest absolute Gasteiger partial charge is 0.235 e. The number of hydrogen-bond acceptors (Lipinski definition) is 3. The lowest BCUT2D eigenvalue weighted by Crippen LogP contribution is -2.32. The van der Waals surface area contributed by atoms with E-state index in [0.717, 1.165) is 19.3 Å². The first-order valence-electron chi connectivity index (χ1n) is 8.45. The Bertz CT molecular complexity index is 669. The van der Waals surface area contributed by atoms with Crippen molar-refractivity contribution in [3.05, 3.63) is 42.0 Å². The number of carbonyl (C=O) groups excluding carboxylic acids is 1. The van der Waals surface area contributed by atoms with E-state index < -0.39 is 10.0 Å². The highest BCUT2D eigenvalue weighted by Gasteiger charge is 2.19. The number of carbonyl (C=O) groups is 1. The third kappa shape index (κ3) is 5.67. The van der Waals surface area contributed by atoms with Crippen LogP contribution in [-0.4, -0.2) is 33.7 Å². The summed E-state index contributed by atoms with van der Waals surface area (Å²) in [5, 5.41) is 2.82. The van der Waals surface area contributed by atoms with E-state index >= 15 is 0 Å². The average Bonchev–Trinajstić information content (AvgIpc) is 2.61. The Morgan fingerprint density at radius 1 is 1.21 bits per heavy atom. The summed E-state index contributed by atoms with van der Waals surface area (Å²) >= 11 is 0. The van der Waals surface area contributed by atoms with E-state index in [4.69, 9.17) is 0 Å². The zero-order valence-corrected chi connectivity index (χ0v) is 15.0. The van der Waals surface area contributed by atoms with Gasteiger partial charge in [0, 0.05) is 20.0 Å². The summed E-state index contributed by atoms with van der Waals surface area (Å²) in [7, 11) is -1.98. The van der Waals surface area contributed by atoms with Crippen molar-refractivity contribution >= 4 is 21.6 Å². The molecular formula is C18H26N2O3S. The molecule has 0 saturated heterocycles. The molecule has 0 spiro atoms. The van der Waals surface area contributed by atoms with Gasteiger partial charge in [0.05, 0.1) is 11.4 Å². The zero-order chi connectivity index (χ0) is 17.4. The highest BCUT2D eigenvalue weighted by molar-refractivity contribution is 7.92. The van der Waals surface area contributed by atoms with Gasteiger partial charge in [-0.2, -0.15) is 0 Å². The van der Waals surface area contributed by atoms with Crippen LogP contribution >= 0.6 is 0 Å². The van der Waals surface area contributed by atoms with Crippen LogP contribution < -0.4 is 9.62 Å². The first-order chi connectivity index (χ1) is 11.5. The summed E-state index contributed by atoms with van der Waals surface area (Å²) in [5.41, 5.74) is 2.00. The summed E-state index contributed by atoms with van der Waals surface area (Å²) in [6.45, 7) is 0.583. The molecule has 1 aromatic carbocycles. The Balaban J connectivity index is 1.75. The summed E-state index contributed by atoms with van der Waals surface area (Å²) in [5.74, 6) is -0.399. The monoisotopic (exact) mass is 350 g/mol. The molecule has 0 saturated carbocycles. The molecule has 1 aliphatic rings. The molecule has 1 amide bonds.